The number of aromatic nitrogens is 1. The largest absolute Gasteiger partial charge is 0.361 e. The quantitative estimate of drug-likeness (QED) is 0.625. The number of benzene rings is 1. The van der Waals surface area contributed by atoms with Gasteiger partial charge in [-0.15, -0.1) is 0 Å². The van der Waals surface area contributed by atoms with E-state index in [0.29, 0.717) is 18.5 Å². The van der Waals surface area contributed by atoms with Crippen molar-refractivity contribution in [2.45, 2.75) is 58.5 Å². The van der Waals surface area contributed by atoms with E-state index < -0.39 is 0 Å². The fourth-order valence-corrected chi connectivity index (χ4v) is 3.38. The Bertz CT molecular complexity index is 728. The fourth-order valence-electron chi connectivity index (χ4n) is 3.38. The van der Waals surface area contributed by atoms with Crippen molar-refractivity contribution in [2.75, 3.05) is 7.05 Å². The maximum absolute atomic E-state index is 5.43. The molecule has 1 aliphatic carbocycles. The van der Waals surface area contributed by atoms with Crippen LogP contribution in [-0.4, -0.2) is 24.2 Å². The monoisotopic (exact) mass is 340 g/mol. The van der Waals surface area contributed by atoms with Crippen LogP contribution >= 0.6 is 0 Å². The Morgan fingerprint density at radius 3 is 2.76 bits per heavy atom. The Morgan fingerprint density at radius 2 is 2.08 bits per heavy atom. The molecule has 5 nitrogen and oxygen atoms in total. The van der Waals surface area contributed by atoms with Gasteiger partial charge in [-0.3, -0.25) is 4.99 Å². The van der Waals surface area contributed by atoms with Gasteiger partial charge in [0.2, 0.25) is 0 Å². The van der Waals surface area contributed by atoms with Gasteiger partial charge in [-0.05, 0) is 30.9 Å². The molecule has 2 N–H and O–H groups in total. The number of aliphatic imine (C=N–C) groups is 1. The molecule has 1 heterocycles. The molecular formula is C20H28N4O. The molecule has 2 aromatic rings. The fraction of sp³-hybridized carbons (Fsp3) is 0.500. The van der Waals surface area contributed by atoms with Crippen LogP contribution < -0.4 is 10.6 Å². The SMILES string of the molecule is CCc1noc(CC)c1CNC(=NC)NC1CC1c1ccccc1C. The smallest absolute Gasteiger partial charge is 0.191 e. The predicted octanol–water partition coefficient (Wildman–Crippen LogP) is 3.33. The second kappa shape index (κ2) is 7.72. The van der Waals surface area contributed by atoms with E-state index in [1.54, 1.807) is 0 Å². The number of rotatable bonds is 6. The molecule has 1 saturated carbocycles. The maximum atomic E-state index is 5.43. The highest BCUT2D eigenvalue weighted by Gasteiger charge is 2.39. The van der Waals surface area contributed by atoms with Crippen LogP contribution in [-0.2, 0) is 19.4 Å². The molecule has 1 aromatic heterocycles. The number of hydrogen-bond acceptors (Lipinski definition) is 3. The summed E-state index contributed by atoms with van der Waals surface area (Å²) >= 11 is 0. The summed E-state index contributed by atoms with van der Waals surface area (Å²) in [5.41, 5.74) is 5.00. The molecule has 134 valence electrons. The summed E-state index contributed by atoms with van der Waals surface area (Å²) in [4.78, 5) is 4.37. The molecule has 0 saturated heterocycles. The zero-order valence-corrected chi connectivity index (χ0v) is 15.6. The van der Waals surface area contributed by atoms with E-state index in [2.05, 4.69) is 65.8 Å². The molecule has 0 spiro atoms. The van der Waals surface area contributed by atoms with E-state index in [1.165, 1.54) is 16.7 Å². The lowest BCUT2D eigenvalue weighted by molar-refractivity contribution is 0.380. The molecule has 2 unspecified atom stereocenters. The third kappa shape index (κ3) is 3.86. The summed E-state index contributed by atoms with van der Waals surface area (Å²) in [6.45, 7) is 7.07. The topological polar surface area (TPSA) is 62.5 Å². The first-order valence-electron chi connectivity index (χ1n) is 9.16. The lowest BCUT2D eigenvalue weighted by Gasteiger charge is -2.12. The van der Waals surface area contributed by atoms with Crippen LogP contribution in [0.4, 0.5) is 0 Å². The summed E-state index contributed by atoms with van der Waals surface area (Å²) < 4.78 is 5.43. The Kier molecular flexibility index (Phi) is 5.41. The van der Waals surface area contributed by atoms with Crippen molar-refractivity contribution in [3.63, 3.8) is 0 Å². The van der Waals surface area contributed by atoms with Crippen molar-refractivity contribution in [2.24, 2.45) is 4.99 Å². The van der Waals surface area contributed by atoms with Crippen LogP contribution in [0.15, 0.2) is 33.8 Å². The summed E-state index contributed by atoms with van der Waals surface area (Å²) in [5, 5.41) is 11.1. The highest BCUT2D eigenvalue weighted by molar-refractivity contribution is 5.80. The average molecular weight is 340 g/mol. The van der Waals surface area contributed by atoms with E-state index in [1.807, 2.05) is 7.05 Å². The number of nitrogens with zero attached hydrogens (tertiary/aromatic N) is 2. The third-order valence-corrected chi connectivity index (χ3v) is 4.96. The van der Waals surface area contributed by atoms with Gasteiger partial charge in [0.05, 0.1) is 5.69 Å². The van der Waals surface area contributed by atoms with Crippen molar-refractivity contribution in [1.82, 2.24) is 15.8 Å². The van der Waals surface area contributed by atoms with Gasteiger partial charge in [-0.25, -0.2) is 0 Å². The molecule has 1 fully saturated rings. The third-order valence-electron chi connectivity index (χ3n) is 4.96. The number of nitrogens with one attached hydrogen (secondary N) is 2. The molecule has 0 bridgehead atoms. The molecule has 0 amide bonds. The zero-order chi connectivity index (χ0) is 17.8. The van der Waals surface area contributed by atoms with Gasteiger partial charge in [0, 0.05) is 37.5 Å². The molecule has 5 heteroatoms. The van der Waals surface area contributed by atoms with E-state index in [4.69, 9.17) is 4.52 Å². The number of guanidine groups is 1. The molecule has 2 atom stereocenters. The van der Waals surface area contributed by atoms with Crippen molar-refractivity contribution < 1.29 is 4.52 Å². The van der Waals surface area contributed by atoms with Gasteiger partial charge in [-0.2, -0.15) is 0 Å². The van der Waals surface area contributed by atoms with Crippen molar-refractivity contribution >= 4 is 5.96 Å². The van der Waals surface area contributed by atoms with E-state index >= 15 is 0 Å². The molecule has 1 aromatic carbocycles. The van der Waals surface area contributed by atoms with Gasteiger partial charge in [0.25, 0.3) is 0 Å². The van der Waals surface area contributed by atoms with Crippen LogP contribution in [0.2, 0.25) is 0 Å². The normalized spacial score (nSPS) is 19.8. The van der Waals surface area contributed by atoms with Crippen molar-refractivity contribution in [1.29, 1.82) is 0 Å². The Balaban J connectivity index is 1.58. The molecule has 0 radical (unpaired) electrons. The number of aryl methyl sites for hydroxylation is 3. The van der Waals surface area contributed by atoms with Gasteiger partial charge in [0.15, 0.2) is 5.96 Å². The van der Waals surface area contributed by atoms with Crippen LogP contribution in [0.1, 0.15) is 54.3 Å². The summed E-state index contributed by atoms with van der Waals surface area (Å²) in [5.74, 6) is 2.38. The molecule has 0 aliphatic heterocycles. The predicted molar refractivity (Wildman–Crippen MR) is 101 cm³/mol. The van der Waals surface area contributed by atoms with Crippen molar-refractivity contribution in [3.05, 3.63) is 52.4 Å². The standard InChI is InChI=1S/C20H28N4O/c1-5-17-16(19(6-2)25-24-17)12-22-20(21-4)23-18-11-15(18)14-10-8-7-9-13(14)3/h7-10,15,18H,5-6,11-12H2,1-4H3,(H2,21,22,23). The first-order chi connectivity index (χ1) is 12.2. The van der Waals surface area contributed by atoms with Gasteiger partial charge >= 0.3 is 0 Å². The Labute approximate surface area is 149 Å². The molecule has 25 heavy (non-hydrogen) atoms. The van der Waals surface area contributed by atoms with Crippen molar-refractivity contribution in [3.8, 4) is 0 Å². The highest BCUT2D eigenvalue weighted by Crippen LogP contribution is 2.42. The van der Waals surface area contributed by atoms with Gasteiger partial charge < -0.3 is 15.2 Å². The van der Waals surface area contributed by atoms with Crippen LogP contribution in [0.5, 0.6) is 0 Å². The van der Waals surface area contributed by atoms with Crippen LogP contribution in [0, 0.1) is 6.92 Å². The molecule has 1 aliphatic rings. The first kappa shape index (κ1) is 17.5. The Morgan fingerprint density at radius 1 is 1.28 bits per heavy atom. The lowest BCUT2D eigenvalue weighted by Crippen LogP contribution is -2.38. The Hall–Kier alpha value is -2.30. The van der Waals surface area contributed by atoms with E-state index in [-0.39, 0.29) is 0 Å². The maximum Gasteiger partial charge on any atom is 0.191 e. The highest BCUT2D eigenvalue weighted by atomic mass is 16.5. The summed E-state index contributed by atoms with van der Waals surface area (Å²) in [6.07, 6.45) is 2.89. The molecular weight excluding hydrogens is 312 g/mol. The minimum absolute atomic E-state index is 0.450. The average Bonchev–Trinajstić information content (AvgIpc) is 3.27. The molecule has 3 rings (SSSR count). The minimum Gasteiger partial charge on any atom is -0.361 e. The van der Waals surface area contributed by atoms with Gasteiger partial charge in [0.1, 0.15) is 5.76 Å². The minimum atomic E-state index is 0.450. The second-order valence-electron chi connectivity index (χ2n) is 6.61. The number of hydrogen-bond donors (Lipinski definition) is 2. The summed E-state index contributed by atoms with van der Waals surface area (Å²) in [6, 6.07) is 9.08. The second-order valence-corrected chi connectivity index (χ2v) is 6.61. The van der Waals surface area contributed by atoms with Gasteiger partial charge in [-0.1, -0.05) is 43.3 Å². The first-order valence-corrected chi connectivity index (χ1v) is 9.16. The van der Waals surface area contributed by atoms with E-state index in [9.17, 15) is 0 Å². The zero-order valence-electron chi connectivity index (χ0n) is 15.6. The lowest BCUT2D eigenvalue weighted by atomic mass is 10.0. The van der Waals surface area contributed by atoms with E-state index in [0.717, 1.165) is 36.7 Å². The summed E-state index contributed by atoms with van der Waals surface area (Å²) in [7, 11) is 1.82. The van der Waals surface area contributed by atoms with Crippen LogP contribution in [0.3, 0.4) is 0 Å². The van der Waals surface area contributed by atoms with Crippen LogP contribution in [0.25, 0.3) is 0 Å².